The molecule has 0 saturated heterocycles. The molecule has 4 nitrogen and oxygen atoms in total. The van der Waals surface area contributed by atoms with Gasteiger partial charge in [0.25, 0.3) is 0 Å². The fraction of sp³-hybridized carbons (Fsp3) is 1.00. The first-order valence-electron chi connectivity index (χ1n) is 9.66. The molecule has 1 unspecified atom stereocenters. The maximum Gasteiger partial charge on any atom is 0.327 e. The summed E-state index contributed by atoms with van der Waals surface area (Å²) in [7, 11) is -2.35. The summed E-state index contributed by atoms with van der Waals surface area (Å²) in [6.45, 7) is 2.12. The molecule has 0 aliphatic heterocycles. The van der Waals surface area contributed by atoms with E-state index in [0.29, 0.717) is 6.42 Å². The Bertz CT molecular complexity index is 227. The molecule has 0 spiro atoms. The van der Waals surface area contributed by atoms with Gasteiger partial charge in [-0.2, -0.15) is 0 Å². The summed E-state index contributed by atoms with van der Waals surface area (Å²) in [5.74, 6) is 0. The molecule has 23 heavy (non-hydrogen) atoms. The Morgan fingerprint density at radius 1 is 0.696 bits per heavy atom. The molecule has 1 atom stereocenters. The Balaban J connectivity index is 3.15. The lowest BCUT2D eigenvalue weighted by molar-refractivity contribution is 0.0926. The van der Waals surface area contributed by atoms with Crippen molar-refractivity contribution >= 4 is 8.60 Å². The Morgan fingerprint density at radius 2 is 1.09 bits per heavy atom. The second-order valence-electron chi connectivity index (χ2n) is 6.55. The van der Waals surface area contributed by atoms with Crippen molar-refractivity contribution in [1.82, 2.24) is 0 Å². The average molecular weight is 350 g/mol. The van der Waals surface area contributed by atoms with Crippen molar-refractivity contribution in [3.8, 4) is 0 Å². The van der Waals surface area contributed by atoms with Crippen LogP contribution < -0.4 is 0 Å². The summed E-state index contributed by atoms with van der Waals surface area (Å²) in [6, 6.07) is 0. The topological polar surface area (TPSA) is 69.9 Å². The van der Waals surface area contributed by atoms with Gasteiger partial charge >= 0.3 is 8.60 Å². The zero-order valence-corrected chi connectivity index (χ0v) is 16.0. The summed E-state index contributed by atoms with van der Waals surface area (Å²) in [6.07, 6.45) is 18.7. The Hall–Kier alpha value is 0.270. The number of aliphatic hydroxyl groups is 1. The number of aliphatic hydroxyl groups excluding tert-OH is 1. The van der Waals surface area contributed by atoms with Crippen LogP contribution in [0.4, 0.5) is 0 Å². The molecule has 0 aromatic carbocycles. The second-order valence-corrected chi connectivity index (χ2v) is 7.26. The van der Waals surface area contributed by atoms with Crippen LogP contribution in [0, 0.1) is 0 Å². The zero-order chi connectivity index (χ0) is 17.2. The van der Waals surface area contributed by atoms with Gasteiger partial charge in [-0.25, -0.2) is 0 Å². The normalized spacial score (nSPS) is 12.9. The van der Waals surface area contributed by atoms with Gasteiger partial charge in [0.15, 0.2) is 0 Å². The molecule has 0 fully saturated rings. The van der Waals surface area contributed by atoms with Crippen LogP contribution in [-0.4, -0.2) is 27.6 Å². The predicted molar refractivity (Wildman–Crippen MR) is 98.2 cm³/mol. The third-order valence-electron chi connectivity index (χ3n) is 4.33. The monoisotopic (exact) mass is 350 g/mol. The first kappa shape index (κ1) is 23.3. The van der Waals surface area contributed by atoms with E-state index < -0.39 is 14.7 Å². The lowest BCUT2D eigenvalue weighted by atomic mass is 10.0. The van der Waals surface area contributed by atoms with Crippen LogP contribution >= 0.6 is 8.60 Å². The molecule has 0 bridgehead atoms. The molecule has 0 aromatic heterocycles. The Morgan fingerprint density at radius 3 is 1.43 bits per heavy atom. The van der Waals surface area contributed by atoms with Gasteiger partial charge in [0.1, 0.15) is 0 Å². The molecule has 0 aliphatic carbocycles. The van der Waals surface area contributed by atoms with Crippen molar-refractivity contribution in [3.63, 3.8) is 0 Å². The van der Waals surface area contributed by atoms with Gasteiger partial charge in [0, 0.05) is 0 Å². The standard InChI is InChI=1S/C18H39O4P/c1-2-3-4-5-6-7-8-9-10-11-12-13-14-15-16-18(17-19)22-23(20)21/h18-21H,2-17H2,1H3. The number of rotatable bonds is 18. The Kier molecular flexibility index (Phi) is 18.8. The van der Waals surface area contributed by atoms with Crippen LogP contribution in [0.1, 0.15) is 103 Å². The van der Waals surface area contributed by atoms with Crippen LogP contribution in [0.2, 0.25) is 0 Å². The van der Waals surface area contributed by atoms with Gasteiger partial charge < -0.3 is 19.4 Å². The van der Waals surface area contributed by atoms with Crippen molar-refractivity contribution in [2.75, 3.05) is 6.61 Å². The molecular formula is C18H39O4P. The summed E-state index contributed by atoms with van der Waals surface area (Å²) in [5, 5.41) is 9.04. The summed E-state index contributed by atoms with van der Waals surface area (Å²) in [4.78, 5) is 17.5. The Labute approximate surface area is 144 Å². The molecular weight excluding hydrogens is 311 g/mol. The van der Waals surface area contributed by atoms with Crippen LogP contribution in [0.15, 0.2) is 0 Å². The van der Waals surface area contributed by atoms with Gasteiger partial charge in [-0.15, -0.1) is 0 Å². The van der Waals surface area contributed by atoms with E-state index in [1.165, 1.54) is 77.0 Å². The minimum Gasteiger partial charge on any atom is -0.394 e. The lowest BCUT2D eigenvalue weighted by Gasteiger charge is -2.14. The number of unbranched alkanes of at least 4 members (excludes halogenated alkanes) is 13. The van der Waals surface area contributed by atoms with Gasteiger partial charge in [0.05, 0.1) is 12.7 Å². The van der Waals surface area contributed by atoms with Crippen LogP contribution in [-0.2, 0) is 4.52 Å². The van der Waals surface area contributed by atoms with E-state index in [1.807, 2.05) is 0 Å². The minimum absolute atomic E-state index is 0.140. The van der Waals surface area contributed by atoms with Crippen molar-refractivity contribution in [2.45, 2.75) is 109 Å². The van der Waals surface area contributed by atoms with Gasteiger partial charge in [-0.1, -0.05) is 96.8 Å². The first-order chi connectivity index (χ1) is 11.2. The van der Waals surface area contributed by atoms with Crippen molar-refractivity contribution in [1.29, 1.82) is 0 Å². The highest BCUT2D eigenvalue weighted by atomic mass is 31.2. The zero-order valence-electron chi connectivity index (χ0n) is 15.1. The molecule has 0 aliphatic rings. The van der Waals surface area contributed by atoms with E-state index >= 15 is 0 Å². The first-order valence-corrected chi connectivity index (χ1v) is 10.8. The highest BCUT2D eigenvalue weighted by Gasteiger charge is 2.12. The second kappa shape index (κ2) is 18.6. The van der Waals surface area contributed by atoms with E-state index in [0.717, 1.165) is 12.8 Å². The van der Waals surface area contributed by atoms with E-state index in [9.17, 15) is 0 Å². The van der Waals surface area contributed by atoms with Gasteiger partial charge in [0.2, 0.25) is 0 Å². The summed E-state index contributed by atoms with van der Waals surface area (Å²) >= 11 is 0. The molecule has 0 heterocycles. The highest BCUT2D eigenvalue weighted by Crippen LogP contribution is 2.28. The minimum atomic E-state index is -2.35. The van der Waals surface area contributed by atoms with Crippen molar-refractivity contribution in [2.24, 2.45) is 0 Å². The molecule has 0 rings (SSSR count). The predicted octanol–water partition coefficient (Wildman–Crippen LogP) is 5.45. The number of hydrogen-bond acceptors (Lipinski definition) is 4. The molecule has 0 amide bonds. The maximum atomic E-state index is 9.04. The van der Waals surface area contributed by atoms with E-state index in [-0.39, 0.29) is 6.61 Å². The maximum absolute atomic E-state index is 9.04. The highest BCUT2D eigenvalue weighted by molar-refractivity contribution is 7.39. The third-order valence-corrected chi connectivity index (χ3v) is 4.81. The van der Waals surface area contributed by atoms with Crippen molar-refractivity contribution in [3.05, 3.63) is 0 Å². The molecule has 3 N–H and O–H groups in total. The lowest BCUT2D eigenvalue weighted by Crippen LogP contribution is -2.14. The summed E-state index contributed by atoms with van der Waals surface area (Å²) < 4.78 is 4.84. The van der Waals surface area contributed by atoms with E-state index in [1.54, 1.807) is 0 Å². The van der Waals surface area contributed by atoms with Crippen LogP contribution in [0.5, 0.6) is 0 Å². The van der Waals surface area contributed by atoms with E-state index in [2.05, 4.69) is 6.92 Å². The fourth-order valence-corrected chi connectivity index (χ4v) is 3.32. The summed E-state index contributed by atoms with van der Waals surface area (Å²) in [5.41, 5.74) is 0. The van der Waals surface area contributed by atoms with Crippen LogP contribution in [0.25, 0.3) is 0 Å². The van der Waals surface area contributed by atoms with Crippen molar-refractivity contribution < 1.29 is 19.4 Å². The van der Waals surface area contributed by atoms with E-state index in [4.69, 9.17) is 19.4 Å². The molecule has 0 aromatic rings. The molecule has 0 radical (unpaired) electrons. The molecule has 5 heteroatoms. The molecule has 0 saturated carbocycles. The van der Waals surface area contributed by atoms with Gasteiger partial charge in [-0.3, -0.25) is 0 Å². The fourth-order valence-electron chi connectivity index (χ4n) is 2.88. The third kappa shape index (κ3) is 18.4. The average Bonchev–Trinajstić information content (AvgIpc) is 2.53. The number of hydrogen-bond donors (Lipinski definition) is 3. The van der Waals surface area contributed by atoms with Crippen LogP contribution in [0.3, 0.4) is 0 Å². The quantitative estimate of drug-likeness (QED) is 0.227. The molecule has 140 valence electrons. The largest absolute Gasteiger partial charge is 0.394 e. The smallest absolute Gasteiger partial charge is 0.327 e. The van der Waals surface area contributed by atoms with Gasteiger partial charge in [-0.05, 0) is 6.42 Å². The SMILES string of the molecule is CCCCCCCCCCCCCCCCC(CO)OP(O)O.